The van der Waals surface area contributed by atoms with Crippen LogP contribution in [-0.4, -0.2) is 56.7 Å². The van der Waals surface area contributed by atoms with E-state index in [0.29, 0.717) is 46.5 Å². The highest BCUT2D eigenvalue weighted by Gasteiger charge is 2.32. The van der Waals surface area contributed by atoms with Crippen LogP contribution in [0.1, 0.15) is 34.9 Å². The molecule has 9 nitrogen and oxygen atoms in total. The summed E-state index contributed by atoms with van der Waals surface area (Å²) < 4.78 is 41.3. The van der Waals surface area contributed by atoms with Crippen molar-refractivity contribution in [3.05, 3.63) is 66.1 Å². The molecule has 0 spiro atoms. The molecular formula is C24H25FN6O3S. The Balaban J connectivity index is 1.52. The number of hydrogen-bond donors (Lipinski definition) is 1. The van der Waals surface area contributed by atoms with Gasteiger partial charge in [0.15, 0.2) is 15.5 Å². The highest BCUT2D eigenvalue weighted by molar-refractivity contribution is 7.91. The second-order valence-electron chi connectivity index (χ2n) is 8.76. The summed E-state index contributed by atoms with van der Waals surface area (Å²) in [6.07, 6.45) is 6.46. The van der Waals surface area contributed by atoms with Crippen LogP contribution in [0.5, 0.6) is 0 Å². The van der Waals surface area contributed by atoms with E-state index in [9.17, 15) is 17.6 Å². The van der Waals surface area contributed by atoms with Gasteiger partial charge in [-0.3, -0.25) is 4.79 Å². The molecule has 0 saturated carbocycles. The molecule has 1 aromatic carbocycles. The van der Waals surface area contributed by atoms with Gasteiger partial charge in [0.05, 0.1) is 46.2 Å². The largest absolute Gasteiger partial charge is 0.352 e. The predicted molar refractivity (Wildman–Crippen MR) is 129 cm³/mol. The first-order valence-electron chi connectivity index (χ1n) is 11.4. The Morgan fingerprint density at radius 2 is 2.06 bits per heavy atom. The molecule has 0 bridgehead atoms. The van der Waals surface area contributed by atoms with Crippen molar-refractivity contribution >= 4 is 26.8 Å². The second kappa shape index (κ2) is 9.21. The van der Waals surface area contributed by atoms with Gasteiger partial charge in [-0.2, -0.15) is 5.10 Å². The number of sulfone groups is 1. The van der Waals surface area contributed by atoms with Gasteiger partial charge in [-0.05, 0) is 50.1 Å². The number of imidazole rings is 1. The number of nitrogens with zero attached hydrogens (tertiary/aromatic N) is 5. The number of carbonyl (C=O) groups is 1. The number of pyridine rings is 1. The van der Waals surface area contributed by atoms with E-state index in [1.165, 1.54) is 12.1 Å². The fourth-order valence-corrected chi connectivity index (χ4v) is 6.15. The number of benzene rings is 1. The van der Waals surface area contributed by atoms with Crippen LogP contribution in [0, 0.1) is 12.7 Å². The van der Waals surface area contributed by atoms with Crippen LogP contribution in [-0.2, 0) is 16.4 Å². The highest BCUT2D eigenvalue weighted by Crippen LogP contribution is 2.32. The van der Waals surface area contributed by atoms with E-state index in [1.54, 1.807) is 42.3 Å². The minimum atomic E-state index is -3.15. The van der Waals surface area contributed by atoms with Crippen molar-refractivity contribution in [2.24, 2.45) is 0 Å². The van der Waals surface area contributed by atoms with E-state index >= 15 is 0 Å². The molecule has 4 heterocycles. The van der Waals surface area contributed by atoms with Crippen molar-refractivity contribution in [3.8, 4) is 11.3 Å². The van der Waals surface area contributed by atoms with Gasteiger partial charge >= 0.3 is 0 Å². The Morgan fingerprint density at radius 1 is 1.26 bits per heavy atom. The zero-order valence-electron chi connectivity index (χ0n) is 19.2. The molecule has 1 fully saturated rings. The molecule has 0 aliphatic carbocycles. The average Bonchev–Trinajstić information content (AvgIpc) is 3.56. The van der Waals surface area contributed by atoms with Gasteiger partial charge in [0.2, 0.25) is 0 Å². The zero-order chi connectivity index (χ0) is 24.6. The number of carbonyl (C=O) groups excluding carboxylic acids is 1. The van der Waals surface area contributed by atoms with Crippen LogP contribution >= 0.6 is 0 Å². The molecule has 5 rings (SSSR count). The molecule has 1 aliphatic rings. The van der Waals surface area contributed by atoms with Gasteiger partial charge < -0.3 is 9.88 Å². The smallest absolute Gasteiger partial charge is 0.252 e. The summed E-state index contributed by atoms with van der Waals surface area (Å²) in [6, 6.07) is 7.21. The molecule has 4 aromatic rings. The predicted octanol–water partition coefficient (Wildman–Crippen LogP) is 2.92. The van der Waals surface area contributed by atoms with E-state index < -0.39 is 9.84 Å². The minimum absolute atomic E-state index is 0.0124. The summed E-state index contributed by atoms with van der Waals surface area (Å²) in [6.45, 7) is 2.97. The SMILES string of the molecule is Cc1nn(C2CCS(=O)(=O)C2)c2nc(-c3ccc(F)cc3)cc(C(=O)NCCCn3ccnc3)c12. The van der Waals surface area contributed by atoms with E-state index in [2.05, 4.69) is 15.4 Å². The van der Waals surface area contributed by atoms with Crippen LogP contribution in [0.15, 0.2) is 49.1 Å². The summed E-state index contributed by atoms with van der Waals surface area (Å²) >= 11 is 0. The number of rotatable bonds is 7. The lowest BCUT2D eigenvalue weighted by Crippen LogP contribution is -2.25. The number of amides is 1. The topological polar surface area (TPSA) is 112 Å². The molecule has 1 saturated heterocycles. The fraction of sp³-hybridized carbons (Fsp3) is 0.333. The molecule has 182 valence electrons. The second-order valence-corrected chi connectivity index (χ2v) is 11.0. The monoisotopic (exact) mass is 496 g/mol. The van der Waals surface area contributed by atoms with Crippen LogP contribution in [0.2, 0.25) is 0 Å². The van der Waals surface area contributed by atoms with Gasteiger partial charge in [-0.25, -0.2) is 27.5 Å². The molecule has 1 aliphatic heterocycles. The third-order valence-corrected chi connectivity index (χ3v) is 7.96. The first-order chi connectivity index (χ1) is 16.8. The Kier molecular flexibility index (Phi) is 6.10. The molecule has 1 unspecified atom stereocenters. The number of fused-ring (bicyclic) bond motifs is 1. The Hall–Kier alpha value is -3.60. The Bertz CT molecular complexity index is 1480. The van der Waals surface area contributed by atoms with Crippen molar-refractivity contribution in [2.45, 2.75) is 32.4 Å². The van der Waals surface area contributed by atoms with Crippen molar-refractivity contribution in [3.63, 3.8) is 0 Å². The molecule has 0 radical (unpaired) electrons. The van der Waals surface area contributed by atoms with Crippen LogP contribution in [0.3, 0.4) is 0 Å². The molecular weight excluding hydrogens is 471 g/mol. The summed E-state index contributed by atoms with van der Waals surface area (Å²) in [5.41, 5.74) is 2.59. The maximum atomic E-state index is 13.5. The van der Waals surface area contributed by atoms with Crippen LogP contribution < -0.4 is 5.32 Å². The molecule has 1 amide bonds. The lowest BCUT2D eigenvalue weighted by Gasteiger charge is -2.12. The van der Waals surface area contributed by atoms with Gasteiger partial charge in [0, 0.05) is 31.0 Å². The third kappa shape index (κ3) is 4.81. The lowest BCUT2D eigenvalue weighted by molar-refractivity contribution is 0.0954. The Labute approximate surface area is 201 Å². The number of aryl methyl sites for hydroxylation is 2. The minimum Gasteiger partial charge on any atom is -0.352 e. The van der Waals surface area contributed by atoms with E-state index in [0.717, 1.165) is 13.0 Å². The van der Waals surface area contributed by atoms with Crippen LogP contribution in [0.25, 0.3) is 22.3 Å². The standard InChI is InChI=1S/C24H25FN6O3S/c1-16-22-20(24(32)27-8-2-10-30-11-9-26-15-30)13-21(17-3-5-18(25)6-4-17)28-23(22)31(29-16)19-7-12-35(33,34)14-19/h3-6,9,11,13,15,19H,2,7-8,10,12,14H2,1H3,(H,27,32). The molecule has 1 atom stereocenters. The first kappa shape index (κ1) is 23.2. The van der Waals surface area contributed by atoms with E-state index in [1.807, 2.05) is 10.8 Å². The Morgan fingerprint density at radius 3 is 2.74 bits per heavy atom. The zero-order valence-corrected chi connectivity index (χ0v) is 20.0. The maximum absolute atomic E-state index is 13.5. The molecule has 35 heavy (non-hydrogen) atoms. The van der Waals surface area contributed by atoms with E-state index in [-0.39, 0.29) is 29.3 Å². The number of hydrogen-bond acceptors (Lipinski definition) is 6. The summed E-state index contributed by atoms with van der Waals surface area (Å²) in [7, 11) is -3.15. The van der Waals surface area contributed by atoms with Crippen molar-refractivity contribution < 1.29 is 17.6 Å². The average molecular weight is 497 g/mol. The molecule has 1 N–H and O–H groups in total. The molecule has 11 heteroatoms. The number of halogens is 1. The first-order valence-corrected chi connectivity index (χ1v) is 13.2. The van der Waals surface area contributed by atoms with Gasteiger partial charge in [0.1, 0.15) is 5.82 Å². The third-order valence-electron chi connectivity index (χ3n) is 6.21. The quantitative estimate of drug-likeness (QED) is 0.394. The fourth-order valence-electron chi connectivity index (χ4n) is 4.46. The summed E-state index contributed by atoms with van der Waals surface area (Å²) in [5.74, 6) is -0.558. The normalized spacial score (nSPS) is 17.1. The van der Waals surface area contributed by atoms with Gasteiger partial charge in [-0.1, -0.05) is 0 Å². The maximum Gasteiger partial charge on any atom is 0.252 e. The van der Waals surface area contributed by atoms with Gasteiger partial charge in [-0.15, -0.1) is 0 Å². The molecule has 3 aromatic heterocycles. The summed E-state index contributed by atoms with van der Waals surface area (Å²) in [5, 5.41) is 8.16. The highest BCUT2D eigenvalue weighted by atomic mass is 32.2. The number of aromatic nitrogens is 5. The summed E-state index contributed by atoms with van der Waals surface area (Å²) in [4.78, 5) is 22.1. The lowest BCUT2D eigenvalue weighted by atomic mass is 10.0. The number of nitrogens with one attached hydrogen (secondary N) is 1. The van der Waals surface area contributed by atoms with Crippen molar-refractivity contribution in [1.82, 2.24) is 29.6 Å². The van der Waals surface area contributed by atoms with E-state index in [4.69, 9.17) is 4.98 Å². The van der Waals surface area contributed by atoms with Crippen molar-refractivity contribution in [2.75, 3.05) is 18.1 Å². The van der Waals surface area contributed by atoms with Gasteiger partial charge in [0.25, 0.3) is 5.91 Å². The van der Waals surface area contributed by atoms with Crippen molar-refractivity contribution in [1.29, 1.82) is 0 Å². The van der Waals surface area contributed by atoms with Crippen LogP contribution in [0.4, 0.5) is 4.39 Å².